The van der Waals surface area contributed by atoms with Gasteiger partial charge in [0.05, 0.1) is 12.5 Å². The molecule has 0 aromatic heterocycles. The van der Waals surface area contributed by atoms with Crippen LogP contribution in [0.5, 0.6) is 0 Å². The number of hydrogen-bond acceptors (Lipinski definition) is 5. The molecular weight excluding hydrogens is 236 g/mol. The van der Waals surface area contributed by atoms with E-state index in [2.05, 4.69) is 0 Å². The Morgan fingerprint density at radius 1 is 1.39 bits per heavy atom. The second-order valence-corrected chi connectivity index (χ2v) is 5.45. The Morgan fingerprint density at radius 2 is 2.28 bits per heavy atom. The highest BCUT2D eigenvalue weighted by molar-refractivity contribution is 5.72. The number of aliphatic hydroxyl groups is 1. The van der Waals surface area contributed by atoms with E-state index in [9.17, 15) is 9.90 Å². The Labute approximate surface area is 106 Å². The molecule has 0 radical (unpaired) electrons. The van der Waals surface area contributed by atoms with Gasteiger partial charge in [-0.1, -0.05) is 0 Å². The van der Waals surface area contributed by atoms with Crippen LogP contribution in [0.4, 0.5) is 0 Å². The van der Waals surface area contributed by atoms with Crippen molar-refractivity contribution in [2.75, 3.05) is 13.2 Å². The van der Waals surface area contributed by atoms with Crippen LogP contribution >= 0.6 is 0 Å². The molecule has 1 saturated carbocycles. The van der Waals surface area contributed by atoms with Crippen LogP contribution in [0.2, 0.25) is 0 Å². The fraction of sp³-hybridized carbons (Fsp3) is 0.923. The van der Waals surface area contributed by atoms with E-state index in [1.54, 1.807) is 0 Å². The normalized spacial score (nSPS) is 43.8. The van der Waals surface area contributed by atoms with Crippen LogP contribution in [0.3, 0.4) is 0 Å². The van der Waals surface area contributed by atoms with E-state index < -0.39 is 0 Å². The molecule has 5 nitrogen and oxygen atoms in total. The maximum absolute atomic E-state index is 11.2. The average molecular weight is 256 g/mol. The van der Waals surface area contributed by atoms with Crippen LogP contribution in [0.15, 0.2) is 0 Å². The molecule has 0 aromatic rings. The van der Waals surface area contributed by atoms with Gasteiger partial charge in [0.1, 0.15) is 6.10 Å². The van der Waals surface area contributed by atoms with Crippen molar-refractivity contribution in [3.8, 4) is 0 Å². The minimum Gasteiger partial charge on any atom is -0.462 e. The van der Waals surface area contributed by atoms with E-state index in [1.165, 1.54) is 0 Å². The molecule has 1 N–H and O–H groups in total. The van der Waals surface area contributed by atoms with Gasteiger partial charge in [0.2, 0.25) is 0 Å². The van der Waals surface area contributed by atoms with E-state index >= 15 is 0 Å². The summed E-state index contributed by atoms with van der Waals surface area (Å²) in [6, 6.07) is 0. The van der Waals surface area contributed by atoms with Crippen molar-refractivity contribution in [1.82, 2.24) is 0 Å². The van der Waals surface area contributed by atoms with Crippen molar-refractivity contribution >= 4 is 5.97 Å². The Morgan fingerprint density at radius 3 is 3.00 bits per heavy atom. The Hall–Kier alpha value is -0.650. The number of carbonyl (C=O) groups excluding carboxylic acids is 1. The van der Waals surface area contributed by atoms with Crippen LogP contribution in [0.25, 0.3) is 0 Å². The smallest absolute Gasteiger partial charge is 0.306 e. The maximum Gasteiger partial charge on any atom is 0.306 e. The number of hydrogen-bond donors (Lipinski definition) is 1. The molecule has 5 heteroatoms. The quantitative estimate of drug-likeness (QED) is 0.758. The summed E-state index contributed by atoms with van der Waals surface area (Å²) < 4.78 is 16.8. The van der Waals surface area contributed by atoms with Crippen LogP contribution in [0, 0.1) is 11.8 Å². The van der Waals surface area contributed by atoms with Gasteiger partial charge < -0.3 is 19.3 Å². The van der Waals surface area contributed by atoms with Crippen LogP contribution < -0.4 is 0 Å². The zero-order valence-corrected chi connectivity index (χ0v) is 10.4. The SMILES string of the molecule is O=C1C[C@@H]2C(CO)[C@H](OC3CCCCO3)C[C@@H]2O1. The third-order valence-corrected chi connectivity index (χ3v) is 4.33. The lowest BCUT2D eigenvalue weighted by Gasteiger charge is -2.29. The molecule has 2 saturated heterocycles. The van der Waals surface area contributed by atoms with Crippen molar-refractivity contribution in [1.29, 1.82) is 0 Å². The fourth-order valence-corrected chi connectivity index (χ4v) is 3.38. The number of esters is 1. The second kappa shape index (κ2) is 5.15. The number of aliphatic hydroxyl groups excluding tert-OH is 1. The van der Waals surface area contributed by atoms with Crippen molar-refractivity contribution in [2.24, 2.45) is 11.8 Å². The molecular formula is C13H20O5. The van der Waals surface area contributed by atoms with Gasteiger partial charge in [0.25, 0.3) is 0 Å². The van der Waals surface area contributed by atoms with Gasteiger partial charge in [-0.25, -0.2) is 0 Å². The number of carbonyl (C=O) groups is 1. The predicted octanol–water partition coefficient (Wildman–Crippen LogP) is 0.842. The highest BCUT2D eigenvalue weighted by atomic mass is 16.7. The van der Waals surface area contributed by atoms with Gasteiger partial charge in [0, 0.05) is 31.5 Å². The van der Waals surface area contributed by atoms with E-state index in [0.29, 0.717) is 12.8 Å². The predicted molar refractivity (Wildman–Crippen MR) is 61.6 cm³/mol. The largest absolute Gasteiger partial charge is 0.462 e. The molecule has 2 unspecified atom stereocenters. The molecule has 2 heterocycles. The van der Waals surface area contributed by atoms with E-state index in [0.717, 1.165) is 25.9 Å². The highest BCUT2D eigenvalue weighted by Crippen LogP contribution is 2.43. The first-order valence-electron chi connectivity index (χ1n) is 6.85. The summed E-state index contributed by atoms with van der Waals surface area (Å²) in [6.07, 6.45) is 4.00. The summed E-state index contributed by atoms with van der Waals surface area (Å²) in [7, 11) is 0. The second-order valence-electron chi connectivity index (χ2n) is 5.45. The van der Waals surface area contributed by atoms with Crippen molar-refractivity contribution in [3.63, 3.8) is 0 Å². The first-order valence-corrected chi connectivity index (χ1v) is 6.85. The molecule has 5 atom stereocenters. The summed E-state index contributed by atoms with van der Waals surface area (Å²) in [4.78, 5) is 11.2. The minimum atomic E-state index is -0.146. The first-order chi connectivity index (χ1) is 8.78. The number of ether oxygens (including phenoxy) is 3. The van der Waals surface area contributed by atoms with Gasteiger partial charge in [-0.05, 0) is 19.3 Å². The number of rotatable bonds is 3. The van der Waals surface area contributed by atoms with Crippen molar-refractivity contribution in [2.45, 2.75) is 50.6 Å². The van der Waals surface area contributed by atoms with Gasteiger partial charge in [-0.3, -0.25) is 4.79 Å². The topological polar surface area (TPSA) is 65.0 Å². The summed E-state index contributed by atoms with van der Waals surface area (Å²) in [5, 5.41) is 9.51. The molecule has 102 valence electrons. The zero-order chi connectivity index (χ0) is 12.5. The molecule has 1 aliphatic carbocycles. The van der Waals surface area contributed by atoms with Crippen LogP contribution in [-0.2, 0) is 19.0 Å². The minimum absolute atomic E-state index is 0.00646. The molecule has 0 amide bonds. The van der Waals surface area contributed by atoms with Crippen molar-refractivity contribution < 1.29 is 24.1 Å². The van der Waals surface area contributed by atoms with Crippen LogP contribution in [0.1, 0.15) is 32.1 Å². The van der Waals surface area contributed by atoms with Gasteiger partial charge in [-0.2, -0.15) is 0 Å². The van der Waals surface area contributed by atoms with Gasteiger partial charge >= 0.3 is 5.97 Å². The molecule has 18 heavy (non-hydrogen) atoms. The molecule has 3 rings (SSSR count). The molecule has 0 bridgehead atoms. The maximum atomic E-state index is 11.2. The standard InChI is InChI=1S/C13H20O5/c14-7-9-8-5-12(15)17-10(8)6-11(9)18-13-3-1-2-4-16-13/h8-11,13-14H,1-7H2/t8-,9?,10+,11-,13?/m1/s1. The Bertz CT molecular complexity index is 313. The van der Waals surface area contributed by atoms with Gasteiger partial charge in [-0.15, -0.1) is 0 Å². The third-order valence-electron chi connectivity index (χ3n) is 4.33. The fourth-order valence-electron chi connectivity index (χ4n) is 3.38. The molecule has 2 aliphatic heterocycles. The summed E-state index contributed by atoms with van der Waals surface area (Å²) in [6.45, 7) is 0.804. The number of fused-ring (bicyclic) bond motifs is 1. The van der Waals surface area contributed by atoms with Gasteiger partial charge in [0.15, 0.2) is 6.29 Å². The summed E-state index contributed by atoms with van der Waals surface area (Å²) in [5.41, 5.74) is 0. The Kier molecular flexibility index (Phi) is 3.54. The van der Waals surface area contributed by atoms with Crippen molar-refractivity contribution in [3.05, 3.63) is 0 Å². The molecule has 0 spiro atoms. The van der Waals surface area contributed by atoms with E-state index in [4.69, 9.17) is 14.2 Å². The van der Waals surface area contributed by atoms with E-state index in [1.807, 2.05) is 0 Å². The third kappa shape index (κ3) is 2.27. The molecule has 0 aromatic carbocycles. The van der Waals surface area contributed by atoms with Crippen LogP contribution in [-0.4, -0.2) is 42.8 Å². The average Bonchev–Trinajstić information content (AvgIpc) is 2.85. The monoisotopic (exact) mass is 256 g/mol. The lowest BCUT2D eigenvalue weighted by molar-refractivity contribution is -0.199. The summed E-state index contributed by atoms with van der Waals surface area (Å²) >= 11 is 0. The van der Waals surface area contributed by atoms with E-state index in [-0.39, 0.29) is 42.9 Å². The summed E-state index contributed by atoms with van der Waals surface area (Å²) in [5.74, 6) is -0.0149. The Balaban J connectivity index is 1.61. The first kappa shape index (κ1) is 12.4. The highest BCUT2D eigenvalue weighted by Gasteiger charge is 2.50. The molecule has 3 aliphatic rings. The zero-order valence-electron chi connectivity index (χ0n) is 10.4. The lowest BCUT2D eigenvalue weighted by atomic mass is 9.93. The lowest BCUT2D eigenvalue weighted by Crippen LogP contribution is -2.33. The molecule has 3 fully saturated rings.